The van der Waals surface area contributed by atoms with Gasteiger partial charge in [0, 0.05) is 11.6 Å². The number of carbonyl (C=O) groups excluding carboxylic acids is 3. The fourth-order valence-corrected chi connectivity index (χ4v) is 3.89. The van der Waals surface area contributed by atoms with Crippen LogP contribution in [0, 0.1) is 0 Å². The molecular weight excluding hydrogens is 356 g/mol. The minimum Gasteiger partial charge on any atom is -0.271 e. The van der Waals surface area contributed by atoms with Crippen LogP contribution in [0.1, 0.15) is 68.7 Å². The van der Waals surface area contributed by atoms with Crippen molar-refractivity contribution in [3.05, 3.63) is 70.8 Å². The SMILES string of the molecule is O=C(NOCc1ccccc1)c1ccc2c(c1)C(=O)N(C1CCCCC1)C2=O. The number of rotatable bonds is 5. The van der Waals surface area contributed by atoms with E-state index in [0.717, 1.165) is 37.7 Å². The van der Waals surface area contributed by atoms with Gasteiger partial charge in [0.1, 0.15) is 0 Å². The largest absolute Gasteiger partial charge is 0.274 e. The van der Waals surface area contributed by atoms with Gasteiger partial charge in [-0.2, -0.15) is 0 Å². The number of hydrogen-bond donors (Lipinski definition) is 1. The highest BCUT2D eigenvalue weighted by Crippen LogP contribution is 2.31. The number of amides is 3. The van der Waals surface area contributed by atoms with Gasteiger partial charge in [0.2, 0.25) is 0 Å². The summed E-state index contributed by atoms with van der Waals surface area (Å²) in [5.74, 6) is -0.999. The van der Waals surface area contributed by atoms with Crippen molar-refractivity contribution in [3.63, 3.8) is 0 Å². The topological polar surface area (TPSA) is 75.7 Å². The molecule has 2 aromatic carbocycles. The second-order valence-corrected chi connectivity index (χ2v) is 7.24. The van der Waals surface area contributed by atoms with Gasteiger partial charge < -0.3 is 0 Å². The molecule has 2 aliphatic rings. The first-order valence-corrected chi connectivity index (χ1v) is 9.63. The van der Waals surface area contributed by atoms with Crippen LogP contribution in [0.15, 0.2) is 48.5 Å². The van der Waals surface area contributed by atoms with Gasteiger partial charge in [0.25, 0.3) is 17.7 Å². The number of nitrogens with one attached hydrogen (secondary N) is 1. The number of hydrogen-bond acceptors (Lipinski definition) is 4. The maximum atomic E-state index is 12.8. The highest BCUT2D eigenvalue weighted by Gasteiger charge is 2.40. The molecule has 1 fully saturated rings. The van der Waals surface area contributed by atoms with Crippen LogP contribution in [0.2, 0.25) is 0 Å². The molecule has 0 radical (unpaired) electrons. The normalized spacial score (nSPS) is 16.9. The summed E-state index contributed by atoms with van der Waals surface area (Å²) in [6.45, 7) is 0.240. The van der Waals surface area contributed by atoms with Crippen LogP contribution < -0.4 is 5.48 Å². The summed E-state index contributed by atoms with van der Waals surface area (Å²) in [7, 11) is 0. The third kappa shape index (κ3) is 3.55. The number of hydroxylamine groups is 1. The Morgan fingerprint density at radius 2 is 1.68 bits per heavy atom. The summed E-state index contributed by atoms with van der Waals surface area (Å²) in [6.07, 6.45) is 4.92. The fourth-order valence-electron chi connectivity index (χ4n) is 3.89. The summed E-state index contributed by atoms with van der Waals surface area (Å²) < 4.78 is 0. The van der Waals surface area contributed by atoms with E-state index in [-0.39, 0.29) is 24.5 Å². The summed E-state index contributed by atoms with van der Waals surface area (Å²) in [5.41, 5.74) is 4.28. The number of carbonyl (C=O) groups is 3. The molecule has 1 heterocycles. The van der Waals surface area contributed by atoms with Crippen LogP contribution in [-0.2, 0) is 11.4 Å². The van der Waals surface area contributed by atoms with E-state index in [9.17, 15) is 14.4 Å². The zero-order valence-electron chi connectivity index (χ0n) is 15.5. The molecule has 0 bridgehead atoms. The quantitative estimate of drug-likeness (QED) is 0.638. The van der Waals surface area contributed by atoms with Crippen molar-refractivity contribution in [2.24, 2.45) is 0 Å². The van der Waals surface area contributed by atoms with E-state index in [4.69, 9.17) is 4.84 Å². The van der Waals surface area contributed by atoms with Gasteiger partial charge in [-0.3, -0.25) is 24.1 Å². The molecule has 0 spiro atoms. The Labute approximate surface area is 163 Å². The lowest BCUT2D eigenvalue weighted by Gasteiger charge is -2.29. The van der Waals surface area contributed by atoms with Crippen LogP contribution in [0.25, 0.3) is 0 Å². The summed E-state index contributed by atoms with van der Waals surface area (Å²) in [5, 5.41) is 0. The van der Waals surface area contributed by atoms with Gasteiger partial charge in [-0.1, -0.05) is 49.6 Å². The molecule has 144 valence electrons. The standard InChI is InChI=1S/C22H22N2O4/c25-20(23-28-14-15-7-3-1-4-8-15)16-11-12-18-19(13-16)22(27)24(21(18)26)17-9-5-2-6-10-17/h1,3-4,7-8,11-13,17H,2,5-6,9-10,14H2,(H,23,25). The third-order valence-corrected chi connectivity index (χ3v) is 5.37. The molecule has 4 rings (SSSR count). The average molecular weight is 378 g/mol. The molecule has 28 heavy (non-hydrogen) atoms. The van der Waals surface area contributed by atoms with E-state index in [2.05, 4.69) is 5.48 Å². The molecule has 1 saturated carbocycles. The van der Waals surface area contributed by atoms with E-state index in [0.29, 0.717) is 16.7 Å². The van der Waals surface area contributed by atoms with Gasteiger partial charge >= 0.3 is 0 Å². The molecule has 0 aromatic heterocycles. The van der Waals surface area contributed by atoms with Crippen molar-refractivity contribution in [2.75, 3.05) is 0 Å². The number of imide groups is 1. The lowest BCUT2D eigenvalue weighted by atomic mass is 9.94. The van der Waals surface area contributed by atoms with Gasteiger partial charge in [-0.25, -0.2) is 5.48 Å². The van der Waals surface area contributed by atoms with Crippen molar-refractivity contribution < 1.29 is 19.2 Å². The first-order chi connectivity index (χ1) is 13.6. The Balaban J connectivity index is 1.44. The van der Waals surface area contributed by atoms with E-state index in [1.165, 1.54) is 11.0 Å². The minimum atomic E-state index is -0.449. The molecular formula is C22H22N2O4. The molecule has 0 saturated heterocycles. The van der Waals surface area contributed by atoms with Crippen LogP contribution in [-0.4, -0.2) is 28.7 Å². The summed E-state index contributed by atoms with van der Waals surface area (Å²) >= 11 is 0. The molecule has 1 aliphatic heterocycles. The molecule has 6 nitrogen and oxygen atoms in total. The lowest BCUT2D eigenvalue weighted by Crippen LogP contribution is -2.40. The maximum absolute atomic E-state index is 12.8. The second-order valence-electron chi connectivity index (χ2n) is 7.24. The molecule has 0 atom stereocenters. The molecule has 3 amide bonds. The zero-order valence-corrected chi connectivity index (χ0v) is 15.5. The summed E-state index contributed by atoms with van der Waals surface area (Å²) in [4.78, 5) is 44.5. The molecule has 1 N–H and O–H groups in total. The fraction of sp³-hybridized carbons (Fsp3) is 0.318. The van der Waals surface area contributed by atoms with E-state index in [1.54, 1.807) is 12.1 Å². The zero-order chi connectivity index (χ0) is 19.5. The minimum absolute atomic E-state index is 0.0346. The highest BCUT2D eigenvalue weighted by atomic mass is 16.6. The van der Waals surface area contributed by atoms with Crippen molar-refractivity contribution >= 4 is 17.7 Å². The van der Waals surface area contributed by atoms with E-state index < -0.39 is 5.91 Å². The molecule has 1 aliphatic carbocycles. The van der Waals surface area contributed by atoms with Gasteiger partial charge in [0.15, 0.2) is 0 Å². The average Bonchev–Trinajstić information content (AvgIpc) is 2.99. The first kappa shape index (κ1) is 18.4. The summed E-state index contributed by atoms with van der Waals surface area (Å²) in [6, 6.07) is 14.0. The Kier molecular flexibility index (Phi) is 5.21. The predicted molar refractivity (Wildman–Crippen MR) is 103 cm³/mol. The van der Waals surface area contributed by atoms with E-state index in [1.807, 2.05) is 30.3 Å². The van der Waals surface area contributed by atoms with Gasteiger partial charge in [-0.15, -0.1) is 0 Å². The van der Waals surface area contributed by atoms with Gasteiger partial charge in [0.05, 0.1) is 17.7 Å². The van der Waals surface area contributed by atoms with Crippen molar-refractivity contribution in [2.45, 2.75) is 44.8 Å². The van der Waals surface area contributed by atoms with Gasteiger partial charge in [-0.05, 0) is 36.6 Å². The highest BCUT2D eigenvalue weighted by molar-refractivity contribution is 6.22. The molecule has 0 unspecified atom stereocenters. The predicted octanol–water partition coefficient (Wildman–Crippen LogP) is 3.48. The second kappa shape index (κ2) is 7.94. The smallest absolute Gasteiger partial charge is 0.271 e. The Bertz CT molecular complexity index is 904. The van der Waals surface area contributed by atoms with Crippen LogP contribution in [0.4, 0.5) is 0 Å². The van der Waals surface area contributed by atoms with Crippen molar-refractivity contribution in [1.29, 1.82) is 0 Å². The van der Waals surface area contributed by atoms with Crippen molar-refractivity contribution in [1.82, 2.24) is 10.4 Å². The maximum Gasteiger partial charge on any atom is 0.274 e. The third-order valence-electron chi connectivity index (χ3n) is 5.37. The van der Waals surface area contributed by atoms with Crippen molar-refractivity contribution in [3.8, 4) is 0 Å². The molecule has 2 aromatic rings. The first-order valence-electron chi connectivity index (χ1n) is 9.63. The molecule has 6 heteroatoms. The van der Waals surface area contributed by atoms with E-state index >= 15 is 0 Å². The van der Waals surface area contributed by atoms with Crippen LogP contribution in [0.3, 0.4) is 0 Å². The number of fused-ring (bicyclic) bond motifs is 1. The van der Waals surface area contributed by atoms with Crippen LogP contribution >= 0.6 is 0 Å². The Morgan fingerprint density at radius 1 is 0.964 bits per heavy atom. The monoisotopic (exact) mass is 378 g/mol. The Hall–Kier alpha value is -2.99. The number of nitrogens with zero attached hydrogens (tertiary/aromatic N) is 1. The number of benzene rings is 2. The Morgan fingerprint density at radius 3 is 2.43 bits per heavy atom. The van der Waals surface area contributed by atoms with Crippen LogP contribution in [0.5, 0.6) is 0 Å². The lowest BCUT2D eigenvalue weighted by molar-refractivity contribution is 0.0233.